The van der Waals surface area contributed by atoms with Gasteiger partial charge >= 0.3 is 130 Å². The summed E-state index contributed by atoms with van der Waals surface area (Å²) in [5.41, 5.74) is 0. The van der Waals surface area contributed by atoms with E-state index in [0.717, 1.165) is 0 Å². The van der Waals surface area contributed by atoms with E-state index in [-0.39, 0.29) is 118 Å². The number of carboxylic acids is 2. The van der Waals surface area contributed by atoms with Crippen molar-refractivity contribution in [3.8, 4) is 0 Å². The van der Waals surface area contributed by atoms with Crippen LogP contribution in [-0.2, 0) is 9.59 Å². The Morgan fingerprint density at radius 1 is 0.700 bits per heavy atom. The molecule has 0 aromatic heterocycles. The van der Waals surface area contributed by atoms with Gasteiger partial charge in [-0.05, 0) is 0 Å². The Kier molecular flexibility index (Phi) is 52.3. The van der Waals surface area contributed by atoms with E-state index >= 15 is 0 Å². The Hall–Kier alpha value is 2.94. The van der Waals surface area contributed by atoms with Crippen LogP contribution in [0.2, 0.25) is 0 Å². The van der Waals surface area contributed by atoms with Crippen LogP contribution >= 0.6 is 0 Å². The first-order chi connectivity index (χ1) is 2.64. The third-order valence-corrected chi connectivity index (χ3v) is 0.183. The first kappa shape index (κ1) is 29.3. The van der Waals surface area contributed by atoms with Gasteiger partial charge < -0.3 is 10.2 Å². The van der Waals surface area contributed by atoms with Crippen molar-refractivity contribution in [3.05, 3.63) is 0 Å². The summed E-state index contributed by atoms with van der Waals surface area (Å²) in [5.74, 6) is -3.65. The summed E-state index contributed by atoms with van der Waals surface area (Å²) < 4.78 is 0. The number of hydrogen-bond acceptors (Lipinski definition) is 2. The summed E-state index contributed by atoms with van der Waals surface area (Å²) in [6.07, 6.45) is 0. The molecule has 0 unspecified atom stereocenters. The molecule has 10 heavy (non-hydrogen) atoms. The number of hydrogen-bond donors (Lipinski definition) is 2. The standard InChI is InChI=1S/C2H2O4.4Na.4H/c3-1(4)2(5)6;;;;;;;;/h(H,3,4)(H,5,6);;;;;;;;. The monoisotopic (exact) mass is 186 g/mol. The summed E-state index contributed by atoms with van der Waals surface area (Å²) in [6, 6.07) is 0. The van der Waals surface area contributed by atoms with E-state index in [2.05, 4.69) is 0 Å². The molecule has 42 valence electrons. The van der Waals surface area contributed by atoms with Gasteiger partial charge in [0.05, 0.1) is 0 Å². The molecule has 0 saturated carbocycles. The second-order valence-electron chi connectivity index (χ2n) is 0.610. The molecule has 0 amide bonds. The van der Waals surface area contributed by atoms with Crippen LogP contribution in [-0.4, -0.2) is 140 Å². The zero-order valence-corrected chi connectivity index (χ0v) is 2.71. The molecule has 2 N–H and O–H groups in total. The Morgan fingerprint density at radius 3 is 0.800 bits per heavy atom. The summed E-state index contributed by atoms with van der Waals surface area (Å²) >= 11 is 0. The van der Waals surface area contributed by atoms with Crippen molar-refractivity contribution >= 4 is 130 Å². The fourth-order valence-electron chi connectivity index (χ4n) is 0. The van der Waals surface area contributed by atoms with Gasteiger partial charge in [0, 0.05) is 0 Å². The minimum atomic E-state index is -1.82. The average Bonchev–Trinajstić information content (AvgIpc) is 1.36. The van der Waals surface area contributed by atoms with Gasteiger partial charge in [-0.3, -0.25) is 0 Å². The van der Waals surface area contributed by atoms with E-state index in [1.807, 2.05) is 0 Å². The van der Waals surface area contributed by atoms with Crippen molar-refractivity contribution in [2.75, 3.05) is 0 Å². The molecule has 0 saturated heterocycles. The second-order valence-corrected chi connectivity index (χ2v) is 0.610. The Bertz CT molecular complexity index is 81.3. The fraction of sp³-hybridized carbons (Fsp3) is 0. The van der Waals surface area contributed by atoms with Crippen molar-refractivity contribution in [1.82, 2.24) is 0 Å². The summed E-state index contributed by atoms with van der Waals surface area (Å²) in [6.45, 7) is 0. The molecule has 0 radical (unpaired) electrons. The topological polar surface area (TPSA) is 74.6 Å². The molecule has 0 aliphatic rings. The zero-order valence-electron chi connectivity index (χ0n) is 2.71. The van der Waals surface area contributed by atoms with E-state index in [0.29, 0.717) is 0 Å². The molecule has 0 bridgehead atoms. The number of carboxylic acid groups (broad SMARTS) is 2. The first-order valence-corrected chi connectivity index (χ1v) is 1.11. The molecule has 0 heterocycles. The van der Waals surface area contributed by atoms with Gasteiger partial charge in [-0.1, -0.05) is 0 Å². The molecule has 0 atom stereocenters. The second kappa shape index (κ2) is 17.9. The number of carbonyl (C=O) groups is 2. The van der Waals surface area contributed by atoms with Gasteiger partial charge in [0.15, 0.2) is 0 Å². The molecule has 0 fully saturated rings. The Morgan fingerprint density at radius 2 is 0.800 bits per heavy atom. The van der Waals surface area contributed by atoms with Gasteiger partial charge in [0.25, 0.3) is 0 Å². The molecule has 0 aromatic rings. The normalized spacial score (nSPS) is 4.40. The van der Waals surface area contributed by atoms with Crippen LogP contribution in [0, 0.1) is 0 Å². The van der Waals surface area contributed by atoms with Gasteiger partial charge in [-0.15, -0.1) is 0 Å². The third-order valence-electron chi connectivity index (χ3n) is 0.183. The van der Waals surface area contributed by atoms with E-state index in [4.69, 9.17) is 19.8 Å². The molecule has 0 spiro atoms. The SMILES string of the molecule is O=C(O)C(=O)O.[NaH].[NaH].[NaH].[NaH]. The Balaban J connectivity index is -0.0000000208. The maximum atomic E-state index is 9.10. The van der Waals surface area contributed by atoms with E-state index in [9.17, 15) is 0 Å². The van der Waals surface area contributed by atoms with Crippen LogP contribution in [0.5, 0.6) is 0 Å². The molecule has 4 nitrogen and oxygen atoms in total. The van der Waals surface area contributed by atoms with Crippen molar-refractivity contribution in [2.45, 2.75) is 0 Å². The van der Waals surface area contributed by atoms with Gasteiger partial charge in [0.1, 0.15) is 0 Å². The number of rotatable bonds is 0. The van der Waals surface area contributed by atoms with Crippen LogP contribution in [0.1, 0.15) is 0 Å². The van der Waals surface area contributed by atoms with Crippen LogP contribution in [0.15, 0.2) is 0 Å². The van der Waals surface area contributed by atoms with E-state index in [1.54, 1.807) is 0 Å². The van der Waals surface area contributed by atoms with Crippen LogP contribution in [0.3, 0.4) is 0 Å². The summed E-state index contributed by atoms with van der Waals surface area (Å²) in [5, 5.41) is 14.8. The van der Waals surface area contributed by atoms with Crippen molar-refractivity contribution < 1.29 is 19.8 Å². The Labute approximate surface area is 147 Å². The molecular formula is C2H6Na4O4. The quantitative estimate of drug-likeness (QED) is 0.305. The predicted molar refractivity (Wildman–Crippen MR) is 43.9 cm³/mol. The molecule has 8 heteroatoms. The molecule has 0 aromatic carbocycles. The molecular weight excluding hydrogens is 180 g/mol. The van der Waals surface area contributed by atoms with Crippen molar-refractivity contribution in [2.24, 2.45) is 0 Å². The molecule has 0 rings (SSSR count). The number of aliphatic carboxylic acids is 2. The van der Waals surface area contributed by atoms with Gasteiger partial charge in [0.2, 0.25) is 0 Å². The summed E-state index contributed by atoms with van der Waals surface area (Å²) in [7, 11) is 0. The maximum absolute atomic E-state index is 9.10. The average molecular weight is 186 g/mol. The van der Waals surface area contributed by atoms with Crippen LogP contribution < -0.4 is 0 Å². The van der Waals surface area contributed by atoms with Gasteiger partial charge in [-0.2, -0.15) is 0 Å². The first-order valence-electron chi connectivity index (χ1n) is 1.11. The molecule has 0 aliphatic heterocycles. The van der Waals surface area contributed by atoms with Gasteiger partial charge in [-0.25, -0.2) is 9.59 Å². The third kappa shape index (κ3) is 22.4. The fourth-order valence-corrected chi connectivity index (χ4v) is 0. The summed E-state index contributed by atoms with van der Waals surface area (Å²) in [4.78, 5) is 18.2. The predicted octanol–water partition coefficient (Wildman–Crippen LogP) is -3.44. The van der Waals surface area contributed by atoms with E-state index in [1.165, 1.54) is 0 Å². The van der Waals surface area contributed by atoms with Crippen LogP contribution in [0.25, 0.3) is 0 Å². The minimum absolute atomic E-state index is 0. The van der Waals surface area contributed by atoms with Crippen LogP contribution in [0.4, 0.5) is 0 Å². The van der Waals surface area contributed by atoms with E-state index < -0.39 is 11.9 Å². The van der Waals surface area contributed by atoms with Crippen molar-refractivity contribution in [3.63, 3.8) is 0 Å². The van der Waals surface area contributed by atoms with Crippen molar-refractivity contribution in [1.29, 1.82) is 0 Å². The zero-order chi connectivity index (χ0) is 5.15. The molecule has 0 aliphatic carbocycles.